The molecule has 206 valence electrons. The maximum atomic E-state index is 13.2. The van der Waals surface area contributed by atoms with E-state index in [2.05, 4.69) is 4.98 Å². The highest BCUT2D eigenvalue weighted by Gasteiger charge is 2.44. The Kier molecular flexibility index (Phi) is 9.66. The summed E-state index contributed by atoms with van der Waals surface area (Å²) < 4.78 is 16.4. The second-order valence-corrected chi connectivity index (χ2v) is 11.7. The van der Waals surface area contributed by atoms with E-state index >= 15 is 0 Å². The molecule has 3 heterocycles. The Morgan fingerprint density at radius 2 is 1.92 bits per heavy atom. The Bertz CT molecular complexity index is 1020. The lowest BCUT2D eigenvalue weighted by Crippen LogP contribution is -2.45. The molecule has 0 saturated carbocycles. The van der Waals surface area contributed by atoms with Gasteiger partial charge in [-0.1, -0.05) is 34.1 Å². The maximum absolute atomic E-state index is 13.2. The number of aliphatic hydroxyl groups excluding tert-OH is 2. The number of carbonyl (C=O) groups is 3. The standard InChI is InChI=1S/C27H39NO8S/c1-14-8-7-9-18-20(35-18)11-19(15(2)10-17-13-37-25(28-17)26(33)34-6)36-22(30)12-21(29)27(4,5)24(32)16(3)23(14)31/h10,13-14,16,18-21,23,29,31H,7-9,11-12H2,1-6H3/t14-,16+,18+,19-,20+,21-,23-/m1/s1. The molecule has 2 N–H and O–H groups in total. The summed E-state index contributed by atoms with van der Waals surface area (Å²) in [5.74, 6) is -2.21. The summed E-state index contributed by atoms with van der Waals surface area (Å²) in [6, 6.07) is 0. The predicted molar refractivity (Wildman–Crippen MR) is 138 cm³/mol. The number of methoxy groups -OCH3 is 1. The van der Waals surface area contributed by atoms with E-state index < -0.39 is 41.6 Å². The van der Waals surface area contributed by atoms with Gasteiger partial charge in [0.15, 0.2) is 0 Å². The zero-order chi connectivity index (χ0) is 27.5. The van der Waals surface area contributed by atoms with Crippen molar-refractivity contribution in [3.8, 4) is 0 Å². The lowest BCUT2D eigenvalue weighted by atomic mass is 9.73. The zero-order valence-electron chi connectivity index (χ0n) is 22.4. The first-order chi connectivity index (χ1) is 17.3. The summed E-state index contributed by atoms with van der Waals surface area (Å²) in [5, 5.41) is 23.6. The van der Waals surface area contributed by atoms with Gasteiger partial charge in [0.25, 0.3) is 0 Å². The van der Waals surface area contributed by atoms with E-state index in [0.29, 0.717) is 12.1 Å². The van der Waals surface area contributed by atoms with Crippen LogP contribution in [0.1, 0.15) is 82.2 Å². The normalized spacial score (nSPS) is 33.8. The van der Waals surface area contributed by atoms with Gasteiger partial charge in [-0.05, 0) is 37.3 Å². The topological polar surface area (TPSA) is 136 Å². The molecule has 0 radical (unpaired) electrons. The molecule has 2 aliphatic heterocycles. The van der Waals surface area contributed by atoms with Gasteiger partial charge in [-0.3, -0.25) is 9.59 Å². The molecule has 10 heteroatoms. The van der Waals surface area contributed by atoms with Gasteiger partial charge in [0.05, 0.1) is 49.1 Å². The number of nitrogens with zero attached hydrogens (tertiary/aromatic N) is 1. The van der Waals surface area contributed by atoms with Crippen LogP contribution >= 0.6 is 11.3 Å². The summed E-state index contributed by atoms with van der Waals surface area (Å²) in [6.45, 7) is 8.61. The number of hydrogen-bond donors (Lipinski definition) is 2. The van der Waals surface area contributed by atoms with Crippen molar-refractivity contribution in [2.24, 2.45) is 17.3 Å². The van der Waals surface area contributed by atoms with Crippen LogP contribution in [-0.2, 0) is 23.8 Å². The molecular weight excluding hydrogens is 498 g/mol. The summed E-state index contributed by atoms with van der Waals surface area (Å²) in [7, 11) is 1.29. The van der Waals surface area contributed by atoms with Crippen LogP contribution in [0.15, 0.2) is 11.0 Å². The lowest BCUT2D eigenvalue weighted by Gasteiger charge is -2.34. The average Bonchev–Trinajstić information content (AvgIpc) is 3.42. The SMILES string of the molecule is COC(=O)c1nc(C=C(C)[C@H]2C[C@@H]3O[C@H]3CCC[C@@H](C)[C@@H](O)[C@H](C)C(=O)C(C)(C)[C@H](O)CC(=O)O2)cs1. The summed E-state index contributed by atoms with van der Waals surface area (Å²) in [4.78, 5) is 42.1. The second kappa shape index (κ2) is 12.1. The van der Waals surface area contributed by atoms with Crippen LogP contribution in [0.3, 0.4) is 0 Å². The van der Waals surface area contributed by atoms with Gasteiger partial charge in [0, 0.05) is 17.7 Å². The van der Waals surface area contributed by atoms with Crippen LogP contribution in [0.4, 0.5) is 0 Å². The number of hydrogen-bond acceptors (Lipinski definition) is 10. The minimum absolute atomic E-state index is 0.0417. The van der Waals surface area contributed by atoms with Crippen molar-refractivity contribution in [1.29, 1.82) is 0 Å². The monoisotopic (exact) mass is 537 g/mol. The number of thiazole rings is 1. The molecule has 2 fully saturated rings. The van der Waals surface area contributed by atoms with Crippen molar-refractivity contribution >= 4 is 35.1 Å². The predicted octanol–water partition coefficient (Wildman–Crippen LogP) is 3.57. The summed E-state index contributed by atoms with van der Waals surface area (Å²) in [6.07, 6.45) is 1.47. The number of epoxide rings is 1. The number of ether oxygens (including phenoxy) is 3. The number of cyclic esters (lactones) is 1. The number of Topliss-reactive ketones (excluding diaryl/α,β-unsaturated/α-hetero) is 1. The van der Waals surface area contributed by atoms with E-state index in [1.165, 1.54) is 7.11 Å². The fraction of sp³-hybridized carbons (Fsp3) is 0.704. The van der Waals surface area contributed by atoms with Crippen molar-refractivity contribution in [1.82, 2.24) is 4.98 Å². The number of carbonyl (C=O) groups excluding carboxylic acids is 3. The highest BCUT2D eigenvalue weighted by Crippen LogP contribution is 2.36. The number of aromatic nitrogens is 1. The van der Waals surface area contributed by atoms with E-state index in [1.807, 2.05) is 13.8 Å². The molecule has 0 unspecified atom stereocenters. The summed E-state index contributed by atoms with van der Waals surface area (Å²) in [5.41, 5.74) is 0.0277. The van der Waals surface area contributed by atoms with Crippen LogP contribution in [0.25, 0.3) is 6.08 Å². The van der Waals surface area contributed by atoms with Gasteiger partial charge < -0.3 is 24.4 Å². The minimum atomic E-state index is -1.28. The van der Waals surface area contributed by atoms with Gasteiger partial charge in [0.2, 0.25) is 5.01 Å². The Morgan fingerprint density at radius 3 is 2.59 bits per heavy atom. The average molecular weight is 538 g/mol. The van der Waals surface area contributed by atoms with E-state index in [1.54, 1.807) is 32.2 Å². The molecule has 7 atom stereocenters. The van der Waals surface area contributed by atoms with Crippen molar-refractivity contribution < 1.29 is 38.8 Å². The summed E-state index contributed by atoms with van der Waals surface area (Å²) >= 11 is 1.16. The quantitative estimate of drug-likeness (QED) is 0.438. The minimum Gasteiger partial charge on any atom is -0.464 e. The van der Waals surface area contributed by atoms with E-state index in [-0.39, 0.29) is 35.3 Å². The third kappa shape index (κ3) is 7.25. The molecule has 0 spiro atoms. The lowest BCUT2D eigenvalue weighted by molar-refractivity contribution is -0.154. The Labute approximate surface area is 222 Å². The first kappa shape index (κ1) is 29.4. The van der Waals surface area contributed by atoms with Crippen LogP contribution in [0.2, 0.25) is 0 Å². The molecule has 1 aromatic rings. The highest BCUT2D eigenvalue weighted by atomic mass is 32.1. The van der Waals surface area contributed by atoms with Crippen LogP contribution in [0, 0.1) is 17.3 Å². The van der Waals surface area contributed by atoms with Gasteiger partial charge in [-0.25, -0.2) is 9.78 Å². The molecule has 0 aliphatic carbocycles. The number of aliphatic hydroxyl groups is 2. The second-order valence-electron chi connectivity index (χ2n) is 10.9. The van der Waals surface area contributed by atoms with Gasteiger partial charge >= 0.3 is 11.9 Å². The Balaban J connectivity index is 1.82. The Morgan fingerprint density at radius 1 is 1.22 bits per heavy atom. The van der Waals surface area contributed by atoms with Crippen molar-refractivity contribution in [2.45, 2.75) is 97.2 Å². The fourth-order valence-electron chi connectivity index (χ4n) is 4.87. The van der Waals surface area contributed by atoms with Crippen molar-refractivity contribution in [3.63, 3.8) is 0 Å². The third-order valence-corrected chi connectivity index (χ3v) is 8.50. The maximum Gasteiger partial charge on any atom is 0.367 e. The molecule has 37 heavy (non-hydrogen) atoms. The molecule has 3 rings (SSSR count). The van der Waals surface area contributed by atoms with Crippen LogP contribution in [-0.4, -0.2) is 70.5 Å². The van der Waals surface area contributed by atoms with E-state index in [4.69, 9.17) is 14.2 Å². The van der Waals surface area contributed by atoms with E-state index in [0.717, 1.165) is 36.2 Å². The van der Waals surface area contributed by atoms with Crippen LogP contribution in [0.5, 0.6) is 0 Å². The number of esters is 2. The molecule has 2 saturated heterocycles. The molecule has 1 aromatic heterocycles. The molecule has 2 aliphatic rings. The van der Waals surface area contributed by atoms with Gasteiger partial charge in [0.1, 0.15) is 11.9 Å². The number of ketones is 1. The highest BCUT2D eigenvalue weighted by molar-refractivity contribution is 7.11. The largest absolute Gasteiger partial charge is 0.464 e. The number of fused-ring (bicyclic) bond motifs is 1. The van der Waals surface area contributed by atoms with Crippen molar-refractivity contribution in [3.05, 3.63) is 21.7 Å². The van der Waals surface area contributed by atoms with Crippen LogP contribution < -0.4 is 0 Å². The van der Waals surface area contributed by atoms with Gasteiger partial charge in [-0.15, -0.1) is 11.3 Å². The first-order valence-electron chi connectivity index (χ1n) is 12.8. The van der Waals surface area contributed by atoms with Crippen molar-refractivity contribution in [2.75, 3.05) is 7.11 Å². The molecule has 0 bridgehead atoms. The molecule has 0 amide bonds. The first-order valence-corrected chi connectivity index (χ1v) is 13.7. The van der Waals surface area contributed by atoms with Gasteiger partial charge in [-0.2, -0.15) is 0 Å². The van der Waals surface area contributed by atoms with E-state index in [9.17, 15) is 24.6 Å². The smallest absolute Gasteiger partial charge is 0.367 e. The molecule has 9 nitrogen and oxygen atoms in total. The fourth-order valence-corrected chi connectivity index (χ4v) is 5.56. The molecular formula is C27H39NO8S. The zero-order valence-corrected chi connectivity index (χ0v) is 23.2. The third-order valence-electron chi connectivity index (χ3n) is 7.66. The molecule has 0 aromatic carbocycles. The number of rotatable bonds is 3. The Hall–Kier alpha value is -2.14.